The highest BCUT2D eigenvalue weighted by molar-refractivity contribution is 6.03. The molecule has 1 heterocycles. The Morgan fingerprint density at radius 2 is 1.71 bits per heavy atom. The molecule has 0 bridgehead atoms. The number of para-hydroxylation sites is 1. The Hall–Kier alpha value is -4.98. The molecule has 172 valence electrons. The van der Waals surface area contributed by atoms with Gasteiger partial charge in [0, 0.05) is 23.1 Å². The van der Waals surface area contributed by atoms with E-state index in [1.807, 2.05) is 54.6 Å². The van der Waals surface area contributed by atoms with Gasteiger partial charge >= 0.3 is 5.91 Å². The Labute approximate surface area is 199 Å². The van der Waals surface area contributed by atoms with Crippen molar-refractivity contribution >= 4 is 39.6 Å². The first-order valence-corrected chi connectivity index (χ1v) is 10.8. The topological polar surface area (TPSA) is 107 Å². The molecule has 0 aliphatic heterocycles. The lowest BCUT2D eigenvalue weighted by atomic mass is 10.0. The summed E-state index contributed by atoms with van der Waals surface area (Å²) in [5.41, 5.74) is 4.62. The number of amides is 1. The van der Waals surface area contributed by atoms with Crippen molar-refractivity contribution in [2.24, 2.45) is 5.10 Å². The van der Waals surface area contributed by atoms with Crippen LogP contribution in [0.1, 0.15) is 21.7 Å². The van der Waals surface area contributed by atoms with Crippen LogP contribution in [0.25, 0.3) is 21.7 Å². The quantitative estimate of drug-likeness (QED) is 0.185. The van der Waals surface area contributed by atoms with Gasteiger partial charge in [-0.3, -0.25) is 14.9 Å². The fourth-order valence-electron chi connectivity index (χ4n) is 3.71. The lowest BCUT2D eigenvalue weighted by Crippen LogP contribution is -2.16. The number of nitro benzene ring substituents is 1. The maximum atomic E-state index is 12.5. The van der Waals surface area contributed by atoms with Crippen LogP contribution >= 0.6 is 0 Å². The lowest BCUT2D eigenvalue weighted by Gasteiger charge is -2.12. The van der Waals surface area contributed by atoms with E-state index in [2.05, 4.69) is 10.5 Å². The number of carbonyl (C=O) groups excluding carboxylic acids is 1. The summed E-state index contributed by atoms with van der Waals surface area (Å²) in [6.07, 6.45) is 1.54. The third-order valence-corrected chi connectivity index (χ3v) is 5.48. The number of furan rings is 1. The van der Waals surface area contributed by atoms with Crippen molar-refractivity contribution in [3.8, 4) is 5.75 Å². The number of benzene rings is 4. The van der Waals surface area contributed by atoms with E-state index < -0.39 is 10.8 Å². The van der Waals surface area contributed by atoms with Gasteiger partial charge in [0.25, 0.3) is 5.69 Å². The number of rotatable bonds is 7. The minimum absolute atomic E-state index is 0.0208. The molecule has 35 heavy (non-hydrogen) atoms. The number of hydrogen-bond acceptors (Lipinski definition) is 6. The van der Waals surface area contributed by atoms with E-state index in [1.54, 1.807) is 24.3 Å². The zero-order chi connectivity index (χ0) is 24.2. The number of hydrazone groups is 1. The summed E-state index contributed by atoms with van der Waals surface area (Å²) in [6, 6.07) is 26.7. The van der Waals surface area contributed by atoms with Crippen molar-refractivity contribution in [3.05, 3.63) is 118 Å². The van der Waals surface area contributed by atoms with Crippen LogP contribution in [0, 0.1) is 10.1 Å². The van der Waals surface area contributed by atoms with E-state index in [4.69, 9.17) is 9.15 Å². The summed E-state index contributed by atoms with van der Waals surface area (Å²) in [4.78, 5) is 23.0. The first-order valence-electron chi connectivity index (χ1n) is 10.8. The van der Waals surface area contributed by atoms with E-state index in [-0.39, 0.29) is 18.1 Å². The molecular formula is C27H19N3O5. The van der Waals surface area contributed by atoms with E-state index >= 15 is 0 Å². The van der Waals surface area contributed by atoms with Crippen LogP contribution in [0.2, 0.25) is 0 Å². The minimum atomic E-state index is -0.467. The normalized spacial score (nSPS) is 11.2. The summed E-state index contributed by atoms with van der Waals surface area (Å²) in [5, 5.41) is 17.7. The number of non-ortho nitro benzene ring substituents is 1. The van der Waals surface area contributed by atoms with Gasteiger partial charge in [0.2, 0.25) is 0 Å². The third-order valence-electron chi connectivity index (χ3n) is 5.48. The Balaban J connectivity index is 1.37. The number of nitro groups is 1. The Morgan fingerprint density at radius 3 is 2.49 bits per heavy atom. The second kappa shape index (κ2) is 9.48. The average molecular weight is 465 g/mol. The van der Waals surface area contributed by atoms with E-state index in [1.165, 1.54) is 18.3 Å². The van der Waals surface area contributed by atoms with E-state index in [0.717, 1.165) is 21.7 Å². The molecule has 5 rings (SSSR count). The molecule has 8 nitrogen and oxygen atoms in total. The van der Waals surface area contributed by atoms with Gasteiger partial charge in [-0.05, 0) is 46.7 Å². The second-order valence-corrected chi connectivity index (χ2v) is 7.76. The zero-order valence-electron chi connectivity index (χ0n) is 18.4. The van der Waals surface area contributed by atoms with E-state index in [0.29, 0.717) is 16.9 Å². The summed E-state index contributed by atoms with van der Waals surface area (Å²) in [7, 11) is 0. The molecule has 0 spiro atoms. The number of nitrogens with one attached hydrogen (secondary N) is 1. The Morgan fingerprint density at radius 1 is 0.971 bits per heavy atom. The molecule has 0 saturated heterocycles. The lowest BCUT2D eigenvalue weighted by molar-refractivity contribution is -0.384. The number of carbonyl (C=O) groups is 1. The van der Waals surface area contributed by atoms with Crippen molar-refractivity contribution in [3.63, 3.8) is 0 Å². The molecule has 0 aliphatic carbocycles. The van der Waals surface area contributed by atoms with Crippen LogP contribution in [0.15, 0.2) is 101 Å². The van der Waals surface area contributed by atoms with Gasteiger partial charge in [-0.15, -0.1) is 0 Å². The predicted molar refractivity (Wildman–Crippen MR) is 133 cm³/mol. The molecule has 0 aliphatic rings. The standard InChI is InChI=1S/C27H19N3O5/c31-27(26-15-20-6-2-4-8-24(20)35-26)29-28-16-23-22-7-3-1-5-19(22)11-14-25(23)34-17-18-9-12-21(13-10-18)30(32)33/h1-16H,17H2,(H,29,31)/b28-16+. The molecule has 0 radical (unpaired) electrons. The summed E-state index contributed by atoms with van der Waals surface area (Å²) in [5.74, 6) is 0.255. The van der Waals surface area contributed by atoms with Crippen molar-refractivity contribution in [1.82, 2.24) is 5.43 Å². The Bertz CT molecular complexity index is 1540. The van der Waals surface area contributed by atoms with Gasteiger partial charge in [0.15, 0.2) is 5.76 Å². The van der Waals surface area contributed by atoms with Crippen molar-refractivity contribution in [1.29, 1.82) is 0 Å². The van der Waals surface area contributed by atoms with E-state index in [9.17, 15) is 14.9 Å². The molecule has 4 aromatic carbocycles. The molecule has 1 aromatic heterocycles. The summed E-state index contributed by atoms with van der Waals surface area (Å²) < 4.78 is 11.6. The smallest absolute Gasteiger partial charge is 0.307 e. The zero-order valence-corrected chi connectivity index (χ0v) is 18.4. The van der Waals surface area contributed by atoms with Crippen LogP contribution in [-0.4, -0.2) is 17.0 Å². The first kappa shape index (κ1) is 21.8. The number of ether oxygens (including phenoxy) is 1. The Kier molecular flexibility index (Phi) is 5.92. The molecule has 1 N–H and O–H groups in total. The second-order valence-electron chi connectivity index (χ2n) is 7.76. The summed E-state index contributed by atoms with van der Waals surface area (Å²) in [6.45, 7) is 0.211. The molecule has 5 aromatic rings. The number of fused-ring (bicyclic) bond motifs is 2. The molecule has 8 heteroatoms. The van der Waals surface area contributed by atoms with Gasteiger partial charge in [0.05, 0.1) is 11.1 Å². The summed E-state index contributed by atoms with van der Waals surface area (Å²) >= 11 is 0. The van der Waals surface area contributed by atoms with Gasteiger partial charge < -0.3 is 9.15 Å². The van der Waals surface area contributed by atoms with Crippen molar-refractivity contribution < 1.29 is 18.9 Å². The molecule has 0 unspecified atom stereocenters. The number of hydrogen-bond donors (Lipinski definition) is 1. The minimum Gasteiger partial charge on any atom is -0.488 e. The molecule has 1 amide bonds. The largest absolute Gasteiger partial charge is 0.488 e. The fraction of sp³-hybridized carbons (Fsp3) is 0.0370. The molecule has 0 saturated carbocycles. The van der Waals surface area contributed by atoms with Gasteiger partial charge in [-0.25, -0.2) is 5.43 Å². The van der Waals surface area contributed by atoms with Crippen molar-refractivity contribution in [2.75, 3.05) is 0 Å². The van der Waals surface area contributed by atoms with Gasteiger partial charge in [0.1, 0.15) is 17.9 Å². The highest BCUT2D eigenvalue weighted by atomic mass is 16.6. The van der Waals surface area contributed by atoms with Crippen LogP contribution in [-0.2, 0) is 6.61 Å². The van der Waals surface area contributed by atoms with Crippen LogP contribution in [0.5, 0.6) is 5.75 Å². The highest BCUT2D eigenvalue weighted by Crippen LogP contribution is 2.28. The average Bonchev–Trinajstić information content (AvgIpc) is 3.33. The maximum Gasteiger partial charge on any atom is 0.307 e. The van der Waals surface area contributed by atoms with Crippen molar-refractivity contribution in [2.45, 2.75) is 6.61 Å². The van der Waals surface area contributed by atoms with Gasteiger partial charge in [-0.2, -0.15) is 5.10 Å². The van der Waals surface area contributed by atoms with Crippen LogP contribution in [0.3, 0.4) is 0 Å². The molecular weight excluding hydrogens is 446 g/mol. The predicted octanol–water partition coefficient (Wildman–Crippen LogP) is 5.84. The third kappa shape index (κ3) is 4.72. The highest BCUT2D eigenvalue weighted by Gasteiger charge is 2.12. The maximum absolute atomic E-state index is 12.5. The number of nitrogens with zero attached hydrogens (tertiary/aromatic N) is 2. The monoisotopic (exact) mass is 465 g/mol. The fourth-order valence-corrected chi connectivity index (χ4v) is 3.71. The molecule has 0 atom stereocenters. The first-order chi connectivity index (χ1) is 17.1. The SMILES string of the molecule is O=C(N/N=C/c1c(OCc2ccc([N+](=O)[O-])cc2)ccc2ccccc12)c1cc2ccccc2o1. The van der Waals surface area contributed by atoms with Crippen LogP contribution in [0.4, 0.5) is 5.69 Å². The molecule has 0 fully saturated rings. The van der Waals surface area contributed by atoms with Crippen LogP contribution < -0.4 is 10.2 Å². The van der Waals surface area contributed by atoms with Gasteiger partial charge in [-0.1, -0.05) is 48.5 Å².